The summed E-state index contributed by atoms with van der Waals surface area (Å²) < 4.78 is 5.27. The van der Waals surface area contributed by atoms with Gasteiger partial charge in [0, 0.05) is 19.5 Å². The highest BCUT2D eigenvalue weighted by atomic mass is 16.6. The predicted molar refractivity (Wildman–Crippen MR) is 70.4 cm³/mol. The average molecular weight is 255 g/mol. The summed E-state index contributed by atoms with van der Waals surface area (Å²) in [5.41, 5.74) is -0.855. The highest BCUT2D eigenvalue weighted by Crippen LogP contribution is 2.33. The molecule has 0 aromatic carbocycles. The van der Waals surface area contributed by atoms with Crippen molar-refractivity contribution in [2.45, 2.75) is 53.6 Å². The Morgan fingerprint density at radius 1 is 1.28 bits per heavy atom. The second-order valence-corrected chi connectivity index (χ2v) is 6.92. The molecule has 104 valence electrons. The minimum absolute atomic E-state index is 0.248. The van der Waals surface area contributed by atoms with E-state index in [1.165, 1.54) is 0 Å². The van der Waals surface area contributed by atoms with E-state index >= 15 is 0 Å². The number of likely N-dealkylation sites (tertiary alicyclic amines) is 1. The quantitative estimate of drug-likeness (QED) is 0.779. The van der Waals surface area contributed by atoms with E-state index in [4.69, 9.17) is 4.74 Å². The summed E-state index contributed by atoms with van der Waals surface area (Å²) >= 11 is 0. The summed E-state index contributed by atoms with van der Waals surface area (Å²) in [7, 11) is 0. The molecule has 0 bridgehead atoms. The molecule has 4 nitrogen and oxygen atoms in total. The molecule has 0 aromatic rings. The largest absolute Gasteiger partial charge is 0.444 e. The van der Waals surface area contributed by atoms with Crippen molar-refractivity contribution in [3.63, 3.8) is 0 Å². The fourth-order valence-electron chi connectivity index (χ4n) is 2.05. The third-order valence-electron chi connectivity index (χ3n) is 3.00. The Kier molecular flexibility index (Phi) is 4.08. The van der Waals surface area contributed by atoms with E-state index in [9.17, 15) is 9.59 Å². The number of amides is 1. The molecule has 0 unspecified atom stereocenters. The maximum absolute atomic E-state index is 12.0. The summed E-state index contributed by atoms with van der Waals surface area (Å²) in [6.07, 6.45) is 0.260. The maximum atomic E-state index is 12.0. The summed E-state index contributed by atoms with van der Waals surface area (Å²) in [5.74, 6) is 0.613. The molecule has 0 spiro atoms. The summed E-state index contributed by atoms with van der Waals surface area (Å²) in [5, 5.41) is 0. The summed E-state index contributed by atoms with van der Waals surface area (Å²) in [6.45, 7) is 12.5. The van der Waals surface area contributed by atoms with Crippen LogP contribution in [0.4, 0.5) is 4.79 Å². The number of nitrogens with zero attached hydrogens (tertiary/aromatic N) is 1. The number of carbonyl (C=O) groups excluding carboxylic acids is 2. The number of ketones is 1. The summed E-state index contributed by atoms with van der Waals surface area (Å²) in [4.78, 5) is 25.4. The molecule has 0 aliphatic carbocycles. The molecular weight excluding hydrogens is 230 g/mol. The molecule has 0 aromatic heterocycles. The third kappa shape index (κ3) is 3.72. The first-order chi connectivity index (χ1) is 8.03. The first kappa shape index (κ1) is 15.0. The molecule has 4 heteroatoms. The highest BCUT2D eigenvalue weighted by molar-refractivity contribution is 5.88. The van der Waals surface area contributed by atoms with E-state index < -0.39 is 5.60 Å². The van der Waals surface area contributed by atoms with Gasteiger partial charge in [-0.2, -0.15) is 0 Å². The SMILES string of the molecule is CC(C)CC(=O)C1(C)CN(C(=O)OC(C)(C)C)C1. The monoisotopic (exact) mass is 255 g/mol. The normalized spacial score (nSPS) is 18.5. The predicted octanol–water partition coefficient (Wildman–Crippen LogP) is 2.86. The van der Waals surface area contributed by atoms with Gasteiger partial charge < -0.3 is 9.64 Å². The number of rotatable bonds is 3. The van der Waals surface area contributed by atoms with Crippen molar-refractivity contribution >= 4 is 11.9 Å². The van der Waals surface area contributed by atoms with Crippen LogP contribution in [0.25, 0.3) is 0 Å². The minimum Gasteiger partial charge on any atom is -0.444 e. The first-order valence-corrected chi connectivity index (χ1v) is 6.55. The van der Waals surface area contributed by atoms with Crippen LogP contribution in [0.3, 0.4) is 0 Å². The molecule has 1 fully saturated rings. The number of Topliss-reactive ketones (excluding diaryl/α,β-unsaturated/α-hetero) is 1. The van der Waals surface area contributed by atoms with E-state index in [1.54, 1.807) is 4.90 Å². The molecule has 1 aliphatic rings. The van der Waals surface area contributed by atoms with E-state index in [2.05, 4.69) is 0 Å². The van der Waals surface area contributed by atoms with Gasteiger partial charge in [-0.25, -0.2) is 4.79 Å². The van der Waals surface area contributed by atoms with Crippen LogP contribution in [0.1, 0.15) is 48.0 Å². The van der Waals surface area contributed by atoms with Crippen LogP contribution >= 0.6 is 0 Å². The molecule has 1 rings (SSSR count). The molecule has 0 atom stereocenters. The van der Waals surface area contributed by atoms with Gasteiger partial charge in [0.2, 0.25) is 0 Å². The Bertz CT molecular complexity index is 335. The van der Waals surface area contributed by atoms with Crippen molar-refractivity contribution < 1.29 is 14.3 Å². The molecule has 18 heavy (non-hydrogen) atoms. The molecule has 0 N–H and O–H groups in total. The maximum Gasteiger partial charge on any atom is 0.410 e. The van der Waals surface area contributed by atoms with Crippen LogP contribution in [-0.4, -0.2) is 35.5 Å². The van der Waals surface area contributed by atoms with E-state index in [1.807, 2.05) is 41.5 Å². The fourth-order valence-corrected chi connectivity index (χ4v) is 2.05. The number of hydrogen-bond acceptors (Lipinski definition) is 3. The Labute approximate surface area is 110 Å². The molecule has 1 amide bonds. The lowest BCUT2D eigenvalue weighted by atomic mass is 9.75. The molecule has 1 aliphatic heterocycles. The Hall–Kier alpha value is -1.06. The molecule has 0 saturated carbocycles. The van der Waals surface area contributed by atoms with Gasteiger partial charge in [-0.3, -0.25) is 4.79 Å². The van der Waals surface area contributed by atoms with Crippen LogP contribution in [0.2, 0.25) is 0 Å². The first-order valence-electron chi connectivity index (χ1n) is 6.55. The van der Waals surface area contributed by atoms with E-state index in [-0.39, 0.29) is 17.3 Å². The fraction of sp³-hybridized carbons (Fsp3) is 0.857. The number of carbonyl (C=O) groups is 2. The Balaban J connectivity index is 2.47. The lowest BCUT2D eigenvalue weighted by Crippen LogP contribution is -2.61. The van der Waals surface area contributed by atoms with Gasteiger partial charge in [0.05, 0.1) is 5.41 Å². The van der Waals surface area contributed by atoms with Crippen molar-refractivity contribution in [2.24, 2.45) is 11.3 Å². The van der Waals surface area contributed by atoms with Crippen molar-refractivity contribution in [3.8, 4) is 0 Å². The zero-order chi connectivity index (χ0) is 14.1. The second-order valence-electron chi connectivity index (χ2n) is 6.92. The number of hydrogen-bond donors (Lipinski definition) is 0. The standard InChI is InChI=1S/C14H25NO3/c1-10(2)7-11(16)14(6)8-15(9-14)12(17)18-13(3,4)5/h10H,7-9H2,1-6H3. The zero-order valence-electron chi connectivity index (χ0n) is 12.4. The van der Waals surface area contributed by atoms with Crippen LogP contribution in [0.5, 0.6) is 0 Å². The van der Waals surface area contributed by atoms with Gasteiger partial charge in [-0.1, -0.05) is 13.8 Å². The second kappa shape index (κ2) is 4.90. The van der Waals surface area contributed by atoms with Gasteiger partial charge in [-0.15, -0.1) is 0 Å². The van der Waals surface area contributed by atoms with Gasteiger partial charge in [0.15, 0.2) is 0 Å². The van der Waals surface area contributed by atoms with Crippen LogP contribution in [0.15, 0.2) is 0 Å². The van der Waals surface area contributed by atoms with Gasteiger partial charge in [0.25, 0.3) is 0 Å². The lowest BCUT2D eigenvalue weighted by molar-refractivity contribution is -0.137. The topological polar surface area (TPSA) is 46.6 Å². The van der Waals surface area contributed by atoms with Crippen molar-refractivity contribution in [3.05, 3.63) is 0 Å². The average Bonchev–Trinajstić information content (AvgIpc) is 2.08. The van der Waals surface area contributed by atoms with Gasteiger partial charge in [-0.05, 0) is 33.6 Å². The smallest absolute Gasteiger partial charge is 0.410 e. The van der Waals surface area contributed by atoms with E-state index in [0.29, 0.717) is 25.4 Å². The molecule has 1 saturated heterocycles. The molecular formula is C14H25NO3. The molecule has 1 heterocycles. The third-order valence-corrected chi connectivity index (χ3v) is 3.00. The van der Waals surface area contributed by atoms with Crippen LogP contribution < -0.4 is 0 Å². The lowest BCUT2D eigenvalue weighted by Gasteiger charge is -2.46. The Morgan fingerprint density at radius 2 is 1.78 bits per heavy atom. The van der Waals surface area contributed by atoms with Crippen molar-refractivity contribution in [2.75, 3.05) is 13.1 Å². The van der Waals surface area contributed by atoms with Crippen LogP contribution in [-0.2, 0) is 9.53 Å². The highest BCUT2D eigenvalue weighted by Gasteiger charge is 2.47. The minimum atomic E-state index is -0.481. The number of ether oxygens (including phenoxy) is 1. The summed E-state index contributed by atoms with van der Waals surface area (Å²) in [6, 6.07) is 0. The zero-order valence-corrected chi connectivity index (χ0v) is 12.4. The van der Waals surface area contributed by atoms with Gasteiger partial charge in [0.1, 0.15) is 11.4 Å². The van der Waals surface area contributed by atoms with Gasteiger partial charge >= 0.3 is 6.09 Å². The molecule has 0 radical (unpaired) electrons. The van der Waals surface area contributed by atoms with Crippen LogP contribution in [0, 0.1) is 11.3 Å². The van der Waals surface area contributed by atoms with Crippen molar-refractivity contribution in [1.29, 1.82) is 0 Å². The van der Waals surface area contributed by atoms with Crippen molar-refractivity contribution in [1.82, 2.24) is 4.90 Å². The van der Waals surface area contributed by atoms with E-state index in [0.717, 1.165) is 0 Å². The Morgan fingerprint density at radius 3 is 2.17 bits per heavy atom.